The lowest BCUT2D eigenvalue weighted by Gasteiger charge is -2.23. The molecule has 1 fully saturated rings. The standard InChI is InChI=1S/C11H18N2O4/c1-3-6-13(7-10(15)17-2)11(16)8-4-5-9(14)12-8/h8H,3-7H2,1-2H3,(H,12,14). The van der Waals surface area contributed by atoms with Crippen LogP contribution in [0.1, 0.15) is 26.2 Å². The molecule has 0 bridgehead atoms. The number of carbonyl (C=O) groups excluding carboxylic acids is 3. The summed E-state index contributed by atoms with van der Waals surface area (Å²) in [5.74, 6) is -0.767. The summed E-state index contributed by atoms with van der Waals surface area (Å²) in [5, 5.41) is 2.60. The van der Waals surface area contributed by atoms with Crippen LogP contribution in [0.25, 0.3) is 0 Å². The maximum absolute atomic E-state index is 12.0. The van der Waals surface area contributed by atoms with Gasteiger partial charge in [-0.2, -0.15) is 0 Å². The van der Waals surface area contributed by atoms with Crippen molar-refractivity contribution in [2.24, 2.45) is 0 Å². The van der Waals surface area contributed by atoms with Gasteiger partial charge in [-0.3, -0.25) is 14.4 Å². The maximum atomic E-state index is 12.0. The van der Waals surface area contributed by atoms with Crippen molar-refractivity contribution in [1.29, 1.82) is 0 Å². The lowest BCUT2D eigenvalue weighted by atomic mass is 10.2. The average Bonchev–Trinajstić information content (AvgIpc) is 2.74. The number of nitrogens with one attached hydrogen (secondary N) is 1. The van der Waals surface area contributed by atoms with E-state index >= 15 is 0 Å². The van der Waals surface area contributed by atoms with Crippen LogP contribution in [0.3, 0.4) is 0 Å². The largest absolute Gasteiger partial charge is 0.468 e. The van der Waals surface area contributed by atoms with E-state index in [1.54, 1.807) is 0 Å². The molecule has 96 valence electrons. The lowest BCUT2D eigenvalue weighted by Crippen LogP contribution is -2.46. The van der Waals surface area contributed by atoms with Crippen molar-refractivity contribution in [1.82, 2.24) is 10.2 Å². The van der Waals surface area contributed by atoms with Gasteiger partial charge in [0.15, 0.2) is 0 Å². The van der Waals surface area contributed by atoms with Crippen molar-refractivity contribution in [2.75, 3.05) is 20.2 Å². The van der Waals surface area contributed by atoms with Gasteiger partial charge in [0.25, 0.3) is 0 Å². The van der Waals surface area contributed by atoms with Crippen molar-refractivity contribution in [3.05, 3.63) is 0 Å². The fourth-order valence-electron chi connectivity index (χ4n) is 1.78. The van der Waals surface area contributed by atoms with Crippen LogP contribution in [-0.2, 0) is 19.1 Å². The normalized spacial score (nSPS) is 18.7. The first-order chi connectivity index (χ1) is 8.08. The van der Waals surface area contributed by atoms with E-state index in [0.29, 0.717) is 19.4 Å². The summed E-state index contributed by atoms with van der Waals surface area (Å²) < 4.78 is 4.54. The zero-order valence-electron chi connectivity index (χ0n) is 10.2. The molecule has 0 aromatic carbocycles. The minimum absolute atomic E-state index is 0.0600. The first-order valence-corrected chi connectivity index (χ1v) is 5.73. The minimum atomic E-state index is -0.487. The summed E-state index contributed by atoms with van der Waals surface area (Å²) in [7, 11) is 1.29. The van der Waals surface area contributed by atoms with Crippen LogP contribution in [0.2, 0.25) is 0 Å². The number of carbonyl (C=O) groups is 3. The molecular weight excluding hydrogens is 224 g/mol. The van der Waals surface area contributed by atoms with Gasteiger partial charge >= 0.3 is 5.97 Å². The minimum Gasteiger partial charge on any atom is -0.468 e. The zero-order chi connectivity index (χ0) is 12.8. The van der Waals surface area contributed by atoms with Crippen LogP contribution >= 0.6 is 0 Å². The van der Waals surface area contributed by atoms with Crippen LogP contribution in [0.15, 0.2) is 0 Å². The Bertz CT molecular complexity index is 317. The molecular formula is C11H18N2O4. The molecule has 0 saturated carbocycles. The van der Waals surface area contributed by atoms with Crippen LogP contribution in [0.4, 0.5) is 0 Å². The first kappa shape index (κ1) is 13.5. The highest BCUT2D eigenvalue weighted by atomic mass is 16.5. The Hall–Kier alpha value is -1.59. The molecule has 2 amide bonds. The SMILES string of the molecule is CCCN(CC(=O)OC)C(=O)C1CCC(=O)N1. The van der Waals surface area contributed by atoms with E-state index in [-0.39, 0.29) is 18.4 Å². The number of methoxy groups -OCH3 is 1. The average molecular weight is 242 g/mol. The molecule has 1 N–H and O–H groups in total. The molecule has 1 atom stereocenters. The van der Waals surface area contributed by atoms with E-state index < -0.39 is 12.0 Å². The van der Waals surface area contributed by atoms with E-state index in [0.717, 1.165) is 6.42 Å². The van der Waals surface area contributed by atoms with Crippen LogP contribution < -0.4 is 5.32 Å². The fourth-order valence-corrected chi connectivity index (χ4v) is 1.78. The molecule has 1 unspecified atom stereocenters. The van der Waals surface area contributed by atoms with Gasteiger partial charge in [0, 0.05) is 13.0 Å². The molecule has 0 aliphatic carbocycles. The van der Waals surface area contributed by atoms with Crippen LogP contribution in [0, 0.1) is 0 Å². The molecule has 1 aliphatic rings. The van der Waals surface area contributed by atoms with Gasteiger partial charge in [-0.15, -0.1) is 0 Å². The third kappa shape index (κ3) is 3.72. The predicted molar refractivity (Wildman–Crippen MR) is 60.1 cm³/mol. The summed E-state index contributed by atoms with van der Waals surface area (Å²) in [6, 6.07) is -0.487. The molecule has 1 aliphatic heterocycles. The summed E-state index contributed by atoms with van der Waals surface area (Å²) in [6.07, 6.45) is 1.62. The molecule has 1 heterocycles. The molecule has 0 spiro atoms. The molecule has 17 heavy (non-hydrogen) atoms. The molecule has 0 aromatic rings. The lowest BCUT2D eigenvalue weighted by molar-refractivity contribution is -0.147. The van der Waals surface area contributed by atoms with Gasteiger partial charge in [0.1, 0.15) is 12.6 Å². The molecule has 6 heteroatoms. The van der Waals surface area contributed by atoms with E-state index in [2.05, 4.69) is 10.1 Å². The predicted octanol–water partition coefficient (Wildman–Crippen LogP) is -0.323. The van der Waals surface area contributed by atoms with Gasteiger partial charge in [0.05, 0.1) is 7.11 Å². The third-order valence-corrected chi connectivity index (χ3v) is 2.65. The maximum Gasteiger partial charge on any atom is 0.325 e. The van der Waals surface area contributed by atoms with E-state index in [4.69, 9.17) is 0 Å². The smallest absolute Gasteiger partial charge is 0.325 e. The number of amides is 2. The van der Waals surface area contributed by atoms with E-state index in [9.17, 15) is 14.4 Å². The van der Waals surface area contributed by atoms with Gasteiger partial charge in [-0.05, 0) is 12.8 Å². The highest BCUT2D eigenvalue weighted by Crippen LogP contribution is 2.10. The molecule has 6 nitrogen and oxygen atoms in total. The van der Waals surface area contributed by atoms with Crippen molar-refractivity contribution in [3.63, 3.8) is 0 Å². The third-order valence-electron chi connectivity index (χ3n) is 2.65. The van der Waals surface area contributed by atoms with Crippen molar-refractivity contribution in [2.45, 2.75) is 32.2 Å². The van der Waals surface area contributed by atoms with Gasteiger partial charge in [-0.1, -0.05) is 6.92 Å². The Morgan fingerprint density at radius 1 is 1.53 bits per heavy atom. The summed E-state index contributed by atoms with van der Waals surface area (Å²) >= 11 is 0. The van der Waals surface area contributed by atoms with Crippen LogP contribution in [-0.4, -0.2) is 48.9 Å². The number of nitrogens with zero attached hydrogens (tertiary/aromatic N) is 1. The van der Waals surface area contributed by atoms with Crippen molar-refractivity contribution < 1.29 is 19.1 Å². The second-order valence-corrected chi connectivity index (χ2v) is 3.99. The molecule has 0 aromatic heterocycles. The Morgan fingerprint density at radius 2 is 2.24 bits per heavy atom. The van der Waals surface area contributed by atoms with Crippen LogP contribution in [0.5, 0.6) is 0 Å². The van der Waals surface area contributed by atoms with Gasteiger partial charge < -0.3 is 15.0 Å². The zero-order valence-corrected chi connectivity index (χ0v) is 10.2. The number of esters is 1. The van der Waals surface area contributed by atoms with Gasteiger partial charge in [0.2, 0.25) is 11.8 Å². The number of hydrogen-bond acceptors (Lipinski definition) is 4. The van der Waals surface area contributed by atoms with Crippen molar-refractivity contribution >= 4 is 17.8 Å². The van der Waals surface area contributed by atoms with Gasteiger partial charge in [-0.25, -0.2) is 0 Å². The Labute approximate surface area is 100 Å². The second-order valence-electron chi connectivity index (χ2n) is 3.99. The number of rotatable bonds is 5. The molecule has 1 rings (SSSR count). The Kier molecular flexibility index (Phi) is 4.93. The Morgan fingerprint density at radius 3 is 2.71 bits per heavy atom. The number of ether oxygens (including phenoxy) is 1. The first-order valence-electron chi connectivity index (χ1n) is 5.73. The number of hydrogen-bond donors (Lipinski definition) is 1. The Balaban J connectivity index is 2.59. The fraction of sp³-hybridized carbons (Fsp3) is 0.727. The van der Waals surface area contributed by atoms with E-state index in [1.807, 2.05) is 6.92 Å². The summed E-state index contributed by atoms with van der Waals surface area (Å²) in [6.45, 7) is 2.35. The monoisotopic (exact) mass is 242 g/mol. The van der Waals surface area contributed by atoms with Crippen molar-refractivity contribution in [3.8, 4) is 0 Å². The second kappa shape index (κ2) is 6.22. The molecule has 1 saturated heterocycles. The highest BCUT2D eigenvalue weighted by Gasteiger charge is 2.31. The topological polar surface area (TPSA) is 75.7 Å². The summed E-state index contributed by atoms with van der Waals surface area (Å²) in [5.41, 5.74) is 0. The van der Waals surface area contributed by atoms with E-state index in [1.165, 1.54) is 12.0 Å². The summed E-state index contributed by atoms with van der Waals surface area (Å²) in [4.78, 5) is 35.7. The quantitative estimate of drug-likeness (QED) is 0.670. The highest BCUT2D eigenvalue weighted by molar-refractivity contribution is 5.92. The molecule has 0 radical (unpaired) electrons.